The molecule has 1 aromatic heterocycles. The molecule has 6 heteroatoms. The van der Waals surface area contributed by atoms with Crippen LogP contribution in [0.15, 0.2) is 48.7 Å². The van der Waals surface area contributed by atoms with E-state index in [9.17, 15) is 9.59 Å². The molecule has 0 aliphatic carbocycles. The number of ether oxygens (including phenoxy) is 2. The fraction of sp³-hybridized carbons (Fsp3) is 0.294. The molecule has 0 bridgehead atoms. The molecule has 1 heterocycles. The summed E-state index contributed by atoms with van der Waals surface area (Å²) < 4.78 is 11.9. The van der Waals surface area contributed by atoms with E-state index in [1.54, 1.807) is 36.9 Å². The van der Waals surface area contributed by atoms with Crippen LogP contribution in [0.2, 0.25) is 0 Å². The van der Waals surface area contributed by atoms with Crippen molar-refractivity contribution < 1.29 is 19.1 Å². The quantitative estimate of drug-likeness (QED) is 0.832. The van der Waals surface area contributed by atoms with Gasteiger partial charge in [-0.3, -0.25) is 0 Å². The van der Waals surface area contributed by atoms with Crippen LogP contribution in [0.25, 0.3) is 0 Å². The number of carbonyl (C=O) groups is 2. The van der Waals surface area contributed by atoms with Crippen LogP contribution in [0.3, 0.4) is 0 Å². The van der Waals surface area contributed by atoms with Crippen LogP contribution in [-0.2, 0) is 27.9 Å². The Balaban J connectivity index is 2.01. The van der Waals surface area contributed by atoms with Gasteiger partial charge in [0, 0.05) is 13.2 Å². The molecular formula is C17H20N2O4. The zero-order valence-corrected chi connectivity index (χ0v) is 13.2. The third kappa shape index (κ3) is 4.60. The SMILES string of the molecule is CCOC(=O)[C@@H](NC(=O)OCc1ccccc1)c1cccn1C. The molecule has 6 nitrogen and oxygen atoms in total. The highest BCUT2D eigenvalue weighted by atomic mass is 16.6. The Labute approximate surface area is 135 Å². The van der Waals surface area contributed by atoms with Crippen molar-refractivity contribution in [1.82, 2.24) is 9.88 Å². The van der Waals surface area contributed by atoms with E-state index in [4.69, 9.17) is 9.47 Å². The normalized spacial score (nSPS) is 11.6. The van der Waals surface area contributed by atoms with Gasteiger partial charge in [0.15, 0.2) is 6.04 Å². The lowest BCUT2D eigenvalue weighted by molar-refractivity contribution is -0.145. The number of aromatic nitrogens is 1. The van der Waals surface area contributed by atoms with Gasteiger partial charge >= 0.3 is 12.1 Å². The molecule has 23 heavy (non-hydrogen) atoms. The van der Waals surface area contributed by atoms with Gasteiger partial charge < -0.3 is 19.4 Å². The molecule has 0 unspecified atom stereocenters. The predicted molar refractivity (Wildman–Crippen MR) is 84.5 cm³/mol. The zero-order chi connectivity index (χ0) is 16.7. The highest BCUT2D eigenvalue weighted by Crippen LogP contribution is 2.15. The summed E-state index contributed by atoms with van der Waals surface area (Å²) in [5, 5.41) is 2.56. The molecule has 1 amide bonds. The Hall–Kier alpha value is -2.76. The van der Waals surface area contributed by atoms with E-state index in [2.05, 4.69) is 5.32 Å². The number of hydrogen-bond donors (Lipinski definition) is 1. The Bertz CT molecular complexity index is 652. The molecule has 0 radical (unpaired) electrons. The van der Waals surface area contributed by atoms with Crippen molar-refractivity contribution in [1.29, 1.82) is 0 Å². The third-order valence-electron chi connectivity index (χ3n) is 3.28. The van der Waals surface area contributed by atoms with Crippen LogP contribution in [0.1, 0.15) is 24.2 Å². The van der Waals surface area contributed by atoms with Crippen molar-refractivity contribution in [2.75, 3.05) is 6.61 Å². The Morgan fingerprint density at radius 3 is 2.48 bits per heavy atom. The summed E-state index contributed by atoms with van der Waals surface area (Å²) in [6, 6.07) is 12.0. The van der Waals surface area contributed by atoms with Crippen LogP contribution in [-0.4, -0.2) is 23.2 Å². The first-order valence-electron chi connectivity index (χ1n) is 7.37. The second-order valence-electron chi connectivity index (χ2n) is 4.94. The molecule has 0 saturated heterocycles. The van der Waals surface area contributed by atoms with Crippen molar-refractivity contribution >= 4 is 12.1 Å². The lowest BCUT2D eigenvalue weighted by Crippen LogP contribution is -2.36. The van der Waals surface area contributed by atoms with Crippen LogP contribution in [0.5, 0.6) is 0 Å². The number of alkyl carbamates (subject to hydrolysis) is 1. The zero-order valence-electron chi connectivity index (χ0n) is 13.2. The average molecular weight is 316 g/mol. The molecule has 2 aromatic rings. The van der Waals surface area contributed by atoms with E-state index < -0.39 is 18.1 Å². The number of amides is 1. The van der Waals surface area contributed by atoms with Crippen molar-refractivity contribution in [3.63, 3.8) is 0 Å². The molecule has 2 rings (SSSR count). The number of aryl methyl sites for hydroxylation is 1. The molecule has 1 atom stereocenters. The minimum absolute atomic E-state index is 0.134. The highest BCUT2D eigenvalue weighted by Gasteiger charge is 2.26. The van der Waals surface area contributed by atoms with E-state index in [-0.39, 0.29) is 13.2 Å². The Morgan fingerprint density at radius 1 is 1.13 bits per heavy atom. The van der Waals surface area contributed by atoms with Crippen LogP contribution >= 0.6 is 0 Å². The van der Waals surface area contributed by atoms with Gasteiger partial charge in [-0.1, -0.05) is 30.3 Å². The van der Waals surface area contributed by atoms with E-state index in [0.717, 1.165) is 5.56 Å². The lowest BCUT2D eigenvalue weighted by Gasteiger charge is -2.18. The minimum Gasteiger partial charge on any atom is -0.464 e. The molecule has 1 aromatic carbocycles. The largest absolute Gasteiger partial charge is 0.464 e. The van der Waals surface area contributed by atoms with Crippen molar-refractivity contribution in [2.24, 2.45) is 7.05 Å². The minimum atomic E-state index is -0.904. The number of rotatable bonds is 6. The van der Waals surface area contributed by atoms with Gasteiger partial charge in [-0.25, -0.2) is 9.59 Å². The van der Waals surface area contributed by atoms with E-state index in [0.29, 0.717) is 5.69 Å². The summed E-state index contributed by atoms with van der Waals surface area (Å²) in [5.74, 6) is -0.522. The fourth-order valence-electron chi connectivity index (χ4n) is 2.14. The monoisotopic (exact) mass is 316 g/mol. The van der Waals surface area contributed by atoms with Crippen molar-refractivity contribution in [3.8, 4) is 0 Å². The first kappa shape index (κ1) is 16.6. The van der Waals surface area contributed by atoms with Crippen molar-refractivity contribution in [3.05, 3.63) is 59.9 Å². The number of esters is 1. The number of hydrogen-bond acceptors (Lipinski definition) is 4. The third-order valence-corrected chi connectivity index (χ3v) is 3.28. The van der Waals surface area contributed by atoms with Gasteiger partial charge in [0.1, 0.15) is 6.61 Å². The number of carbonyl (C=O) groups excluding carboxylic acids is 2. The van der Waals surface area contributed by atoms with Gasteiger partial charge in [0.25, 0.3) is 0 Å². The first-order valence-corrected chi connectivity index (χ1v) is 7.37. The molecule has 1 N–H and O–H groups in total. The van der Waals surface area contributed by atoms with E-state index in [1.807, 2.05) is 30.3 Å². The van der Waals surface area contributed by atoms with Crippen LogP contribution < -0.4 is 5.32 Å². The van der Waals surface area contributed by atoms with Crippen molar-refractivity contribution in [2.45, 2.75) is 19.6 Å². The van der Waals surface area contributed by atoms with E-state index >= 15 is 0 Å². The molecule has 0 aliphatic rings. The van der Waals surface area contributed by atoms with Crippen LogP contribution in [0.4, 0.5) is 4.79 Å². The number of nitrogens with one attached hydrogen (secondary N) is 1. The highest BCUT2D eigenvalue weighted by molar-refractivity contribution is 5.82. The molecular weight excluding hydrogens is 296 g/mol. The summed E-state index contributed by atoms with van der Waals surface area (Å²) in [6.45, 7) is 2.09. The topological polar surface area (TPSA) is 69.6 Å². The maximum absolute atomic E-state index is 12.1. The summed E-state index contributed by atoms with van der Waals surface area (Å²) in [5.41, 5.74) is 1.49. The summed E-state index contributed by atoms with van der Waals surface area (Å²) >= 11 is 0. The van der Waals surface area contributed by atoms with Gasteiger partial charge in [-0.2, -0.15) is 0 Å². The second kappa shape index (κ2) is 8.03. The lowest BCUT2D eigenvalue weighted by atomic mass is 10.2. The van der Waals surface area contributed by atoms with Gasteiger partial charge in [-0.15, -0.1) is 0 Å². The molecule has 0 saturated carbocycles. The molecule has 0 aliphatic heterocycles. The van der Waals surface area contributed by atoms with Gasteiger partial charge in [0.2, 0.25) is 0 Å². The van der Waals surface area contributed by atoms with E-state index in [1.165, 1.54) is 0 Å². The smallest absolute Gasteiger partial charge is 0.408 e. The Morgan fingerprint density at radius 2 is 1.87 bits per heavy atom. The number of nitrogens with zero attached hydrogens (tertiary/aromatic N) is 1. The van der Waals surface area contributed by atoms with Gasteiger partial charge in [-0.05, 0) is 24.6 Å². The predicted octanol–water partition coefficient (Wildman–Crippen LogP) is 2.56. The first-order chi connectivity index (χ1) is 11.1. The molecule has 122 valence electrons. The summed E-state index contributed by atoms with van der Waals surface area (Å²) in [4.78, 5) is 24.1. The maximum Gasteiger partial charge on any atom is 0.408 e. The molecule has 0 spiro atoms. The summed E-state index contributed by atoms with van der Waals surface area (Å²) in [7, 11) is 1.79. The average Bonchev–Trinajstić information content (AvgIpc) is 2.97. The molecule has 0 fully saturated rings. The second-order valence-corrected chi connectivity index (χ2v) is 4.94. The fourth-order valence-corrected chi connectivity index (χ4v) is 2.14. The summed E-state index contributed by atoms with van der Waals surface area (Å²) in [6.07, 6.45) is 1.12. The van der Waals surface area contributed by atoms with Gasteiger partial charge in [0.05, 0.1) is 12.3 Å². The maximum atomic E-state index is 12.1. The Kier molecular flexibility index (Phi) is 5.80. The standard InChI is InChI=1S/C17H20N2O4/c1-3-22-16(20)15(14-10-7-11-19(14)2)18-17(21)23-12-13-8-5-4-6-9-13/h4-11,15H,3,12H2,1-2H3,(H,18,21)/t15-/m0/s1. The van der Waals surface area contributed by atoms with Crippen LogP contribution in [0, 0.1) is 0 Å². The number of benzene rings is 1.